The number of carbonyl (C=O) groups is 2. The van der Waals surface area contributed by atoms with E-state index in [0.29, 0.717) is 32.0 Å². The molecule has 0 aromatic carbocycles. The van der Waals surface area contributed by atoms with Crippen LogP contribution in [0, 0.1) is 0 Å². The number of ether oxygens (including phenoxy) is 1. The molecule has 0 bridgehead atoms. The van der Waals surface area contributed by atoms with Gasteiger partial charge in [-0.2, -0.15) is 0 Å². The van der Waals surface area contributed by atoms with Crippen molar-refractivity contribution in [1.82, 2.24) is 15.1 Å². The summed E-state index contributed by atoms with van der Waals surface area (Å²) in [4.78, 5) is 28.5. The number of piperazine rings is 1. The first-order chi connectivity index (χ1) is 9.66. The quantitative estimate of drug-likeness (QED) is 0.764. The number of hydrogen-bond donors (Lipinski definition) is 1. The minimum absolute atomic E-state index is 0.00898. The molecule has 2 heterocycles. The molecule has 2 saturated heterocycles. The van der Waals surface area contributed by atoms with Crippen molar-refractivity contribution < 1.29 is 14.3 Å². The fourth-order valence-corrected chi connectivity index (χ4v) is 3.26. The highest BCUT2D eigenvalue weighted by Crippen LogP contribution is 2.30. The maximum Gasteiger partial charge on any atom is 0.255 e. The number of nitrogens with zero attached hydrogens (tertiary/aromatic N) is 2. The molecule has 1 aliphatic carbocycles. The predicted molar refractivity (Wildman–Crippen MR) is 73.2 cm³/mol. The fourth-order valence-electron chi connectivity index (χ4n) is 3.26. The van der Waals surface area contributed by atoms with Gasteiger partial charge in [-0.25, -0.2) is 0 Å². The Labute approximate surface area is 119 Å². The molecule has 0 aromatic heterocycles. The number of methoxy groups -OCH3 is 1. The van der Waals surface area contributed by atoms with E-state index < -0.39 is 5.60 Å². The van der Waals surface area contributed by atoms with Crippen molar-refractivity contribution in [3.63, 3.8) is 0 Å². The summed E-state index contributed by atoms with van der Waals surface area (Å²) in [6.45, 7) is 3.10. The first kappa shape index (κ1) is 13.8. The summed E-state index contributed by atoms with van der Waals surface area (Å²) in [7, 11) is 1.60. The van der Waals surface area contributed by atoms with Crippen molar-refractivity contribution in [3.8, 4) is 0 Å². The molecule has 0 radical (unpaired) electrons. The van der Waals surface area contributed by atoms with Gasteiger partial charge in [0.2, 0.25) is 5.91 Å². The monoisotopic (exact) mass is 281 g/mol. The minimum Gasteiger partial charge on any atom is -0.368 e. The lowest BCUT2D eigenvalue weighted by molar-refractivity contribution is -0.164. The van der Waals surface area contributed by atoms with Crippen molar-refractivity contribution in [1.29, 1.82) is 0 Å². The number of piperidine rings is 1. The molecule has 2 amide bonds. The average Bonchev–Trinajstić information content (AvgIpc) is 3.31. The maximum atomic E-state index is 12.7. The van der Waals surface area contributed by atoms with Gasteiger partial charge < -0.3 is 19.9 Å². The van der Waals surface area contributed by atoms with Gasteiger partial charge in [0.15, 0.2) is 0 Å². The van der Waals surface area contributed by atoms with Crippen molar-refractivity contribution in [2.45, 2.75) is 37.3 Å². The van der Waals surface area contributed by atoms with Crippen molar-refractivity contribution in [2.24, 2.45) is 0 Å². The maximum absolute atomic E-state index is 12.7. The first-order valence-corrected chi connectivity index (χ1v) is 7.51. The summed E-state index contributed by atoms with van der Waals surface area (Å²) in [5.41, 5.74) is -0.729. The molecule has 0 unspecified atom stereocenters. The van der Waals surface area contributed by atoms with E-state index in [1.807, 2.05) is 4.90 Å². The molecule has 6 heteroatoms. The Hall–Kier alpha value is -1.14. The van der Waals surface area contributed by atoms with E-state index in [0.717, 1.165) is 25.9 Å². The topological polar surface area (TPSA) is 61.9 Å². The number of rotatable bonds is 3. The van der Waals surface area contributed by atoms with Crippen LogP contribution in [0.5, 0.6) is 0 Å². The molecule has 0 spiro atoms. The summed E-state index contributed by atoms with van der Waals surface area (Å²) >= 11 is 0. The Bertz CT molecular complexity index is 402. The van der Waals surface area contributed by atoms with Crippen molar-refractivity contribution in [3.05, 3.63) is 0 Å². The van der Waals surface area contributed by atoms with E-state index in [-0.39, 0.29) is 18.4 Å². The molecular formula is C14H23N3O3. The Kier molecular flexibility index (Phi) is 3.69. The second-order valence-electron chi connectivity index (χ2n) is 5.99. The highest BCUT2D eigenvalue weighted by molar-refractivity contribution is 5.90. The minimum atomic E-state index is -0.729. The van der Waals surface area contributed by atoms with Gasteiger partial charge in [0.25, 0.3) is 5.91 Å². The molecule has 1 saturated carbocycles. The van der Waals surface area contributed by atoms with Gasteiger partial charge in [0.05, 0.1) is 6.54 Å². The molecule has 3 rings (SSSR count). The number of nitrogens with one attached hydrogen (secondary N) is 1. The van der Waals surface area contributed by atoms with Gasteiger partial charge in [0.1, 0.15) is 5.60 Å². The number of carbonyl (C=O) groups excluding carboxylic acids is 2. The summed E-state index contributed by atoms with van der Waals surface area (Å²) < 4.78 is 5.56. The smallest absolute Gasteiger partial charge is 0.255 e. The number of amides is 2. The van der Waals surface area contributed by atoms with Crippen LogP contribution in [0.3, 0.4) is 0 Å². The van der Waals surface area contributed by atoms with Gasteiger partial charge >= 0.3 is 0 Å². The van der Waals surface area contributed by atoms with Crippen LogP contribution in [0.15, 0.2) is 0 Å². The van der Waals surface area contributed by atoms with E-state index in [1.165, 1.54) is 0 Å². The van der Waals surface area contributed by atoms with Crippen molar-refractivity contribution >= 4 is 11.8 Å². The lowest BCUT2D eigenvalue weighted by Crippen LogP contribution is -2.60. The van der Waals surface area contributed by atoms with Gasteiger partial charge in [0, 0.05) is 26.2 Å². The molecule has 0 atom stereocenters. The summed E-state index contributed by atoms with van der Waals surface area (Å²) in [6, 6.07) is 0.440. The molecule has 2 aliphatic heterocycles. The fraction of sp³-hybridized carbons (Fsp3) is 0.857. The van der Waals surface area contributed by atoms with Crippen LogP contribution in [0.4, 0.5) is 0 Å². The van der Waals surface area contributed by atoms with Crippen LogP contribution in [-0.2, 0) is 14.3 Å². The SMILES string of the molecule is COC1(C(=O)N2CCN(C3CC3)C(=O)C2)CCNCC1. The first-order valence-electron chi connectivity index (χ1n) is 7.51. The summed E-state index contributed by atoms with van der Waals surface area (Å²) in [6.07, 6.45) is 3.60. The Balaban J connectivity index is 1.66. The Morgan fingerprint density at radius 2 is 2.00 bits per heavy atom. The Morgan fingerprint density at radius 1 is 1.30 bits per heavy atom. The lowest BCUT2D eigenvalue weighted by Gasteiger charge is -2.41. The normalized spacial score (nSPS) is 26.8. The third-order valence-corrected chi connectivity index (χ3v) is 4.72. The third kappa shape index (κ3) is 2.42. The molecule has 112 valence electrons. The van der Waals surface area contributed by atoms with Gasteiger partial charge in [-0.05, 0) is 38.8 Å². The second-order valence-corrected chi connectivity index (χ2v) is 5.99. The van der Waals surface area contributed by atoms with E-state index in [1.54, 1.807) is 12.0 Å². The van der Waals surface area contributed by atoms with Crippen LogP contribution < -0.4 is 5.32 Å². The van der Waals surface area contributed by atoms with Crippen LogP contribution >= 0.6 is 0 Å². The lowest BCUT2D eigenvalue weighted by atomic mass is 9.90. The highest BCUT2D eigenvalue weighted by atomic mass is 16.5. The Morgan fingerprint density at radius 3 is 2.55 bits per heavy atom. The predicted octanol–water partition coefficient (Wildman–Crippen LogP) is -0.412. The second kappa shape index (κ2) is 5.33. The zero-order valence-corrected chi connectivity index (χ0v) is 12.1. The van der Waals surface area contributed by atoms with Crippen molar-refractivity contribution in [2.75, 3.05) is 39.8 Å². The zero-order valence-electron chi connectivity index (χ0n) is 12.1. The van der Waals surface area contributed by atoms with E-state index in [9.17, 15) is 9.59 Å². The molecule has 6 nitrogen and oxygen atoms in total. The largest absolute Gasteiger partial charge is 0.368 e. The third-order valence-electron chi connectivity index (χ3n) is 4.72. The molecule has 3 fully saturated rings. The molecular weight excluding hydrogens is 258 g/mol. The zero-order chi connectivity index (χ0) is 14.2. The number of hydrogen-bond acceptors (Lipinski definition) is 4. The summed E-state index contributed by atoms with van der Waals surface area (Å²) in [5, 5.41) is 3.24. The van der Waals surface area contributed by atoms with Crippen LogP contribution in [-0.4, -0.2) is 73.1 Å². The van der Waals surface area contributed by atoms with E-state index in [2.05, 4.69) is 5.32 Å². The van der Waals surface area contributed by atoms with Gasteiger partial charge in [-0.1, -0.05) is 0 Å². The van der Waals surface area contributed by atoms with Gasteiger partial charge in [-0.3, -0.25) is 9.59 Å². The molecule has 3 aliphatic rings. The standard InChI is InChI=1S/C14H23N3O3/c1-20-14(4-6-15-7-5-14)13(19)16-8-9-17(11-2-3-11)12(18)10-16/h11,15H,2-10H2,1H3. The molecule has 20 heavy (non-hydrogen) atoms. The molecule has 1 N–H and O–H groups in total. The molecule has 0 aromatic rings. The average molecular weight is 281 g/mol. The van der Waals surface area contributed by atoms with Crippen LogP contribution in [0.2, 0.25) is 0 Å². The van der Waals surface area contributed by atoms with Crippen LogP contribution in [0.1, 0.15) is 25.7 Å². The van der Waals surface area contributed by atoms with Crippen LogP contribution in [0.25, 0.3) is 0 Å². The summed E-state index contributed by atoms with van der Waals surface area (Å²) in [5.74, 6) is 0.0811. The van der Waals surface area contributed by atoms with E-state index >= 15 is 0 Å². The van der Waals surface area contributed by atoms with E-state index in [4.69, 9.17) is 4.74 Å². The van der Waals surface area contributed by atoms with Gasteiger partial charge in [-0.15, -0.1) is 0 Å². The highest BCUT2D eigenvalue weighted by Gasteiger charge is 2.45.